The molecule has 26 heavy (non-hydrogen) atoms. The van der Waals surface area contributed by atoms with Crippen LogP contribution < -0.4 is 5.32 Å². The lowest BCUT2D eigenvalue weighted by molar-refractivity contribution is -0.138. The van der Waals surface area contributed by atoms with Gasteiger partial charge in [0.1, 0.15) is 6.04 Å². The maximum atomic E-state index is 13.0. The number of aromatic nitrogens is 2. The molecule has 5 nitrogen and oxygen atoms in total. The van der Waals surface area contributed by atoms with E-state index < -0.39 is 17.8 Å². The average molecular weight is 362 g/mol. The van der Waals surface area contributed by atoms with Gasteiger partial charge < -0.3 is 15.2 Å². The number of anilines is 1. The summed E-state index contributed by atoms with van der Waals surface area (Å²) in [5.74, 6) is -0.0754. The van der Waals surface area contributed by atoms with Gasteiger partial charge >= 0.3 is 6.18 Å². The molecule has 1 amide bonds. The lowest BCUT2D eigenvalue weighted by atomic mass is 10.0. The van der Waals surface area contributed by atoms with Crippen LogP contribution in [-0.2, 0) is 11.0 Å². The summed E-state index contributed by atoms with van der Waals surface area (Å²) in [7, 11) is 3.09. The number of fused-ring (bicyclic) bond motifs is 1. The summed E-state index contributed by atoms with van der Waals surface area (Å²) in [6.45, 7) is 0. The quantitative estimate of drug-likeness (QED) is 0.742. The van der Waals surface area contributed by atoms with Gasteiger partial charge in [0.2, 0.25) is 11.9 Å². The van der Waals surface area contributed by atoms with Crippen LogP contribution in [0.25, 0.3) is 11.0 Å². The largest absolute Gasteiger partial charge is 0.416 e. The van der Waals surface area contributed by atoms with Crippen LogP contribution in [0.4, 0.5) is 19.1 Å². The molecule has 0 saturated carbocycles. The van der Waals surface area contributed by atoms with E-state index in [1.165, 1.54) is 17.0 Å². The van der Waals surface area contributed by atoms with E-state index in [4.69, 9.17) is 0 Å². The smallest absolute Gasteiger partial charge is 0.347 e. The third kappa shape index (κ3) is 3.63. The Labute approximate surface area is 147 Å². The van der Waals surface area contributed by atoms with Gasteiger partial charge in [0.25, 0.3) is 0 Å². The number of aromatic amines is 1. The second kappa shape index (κ2) is 6.70. The third-order valence-corrected chi connectivity index (χ3v) is 3.91. The number of carbonyl (C=O) groups excluding carboxylic acids is 1. The molecule has 1 atom stereocenters. The number of imidazole rings is 1. The summed E-state index contributed by atoms with van der Waals surface area (Å²) < 4.78 is 39.1. The van der Waals surface area contributed by atoms with Crippen molar-refractivity contribution >= 4 is 22.9 Å². The summed E-state index contributed by atoms with van der Waals surface area (Å²) in [6, 6.07) is 11.0. The Kier molecular flexibility index (Phi) is 4.58. The zero-order chi connectivity index (χ0) is 18.9. The number of amides is 1. The zero-order valence-electron chi connectivity index (χ0n) is 14.1. The molecule has 0 saturated heterocycles. The summed E-state index contributed by atoms with van der Waals surface area (Å²) in [4.78, 5) is 21.2. The first-order valence-electron chi connectivity index (χ1n) is 7.85. The van der Waals surface area contributed by atoms with E-state index in [0.29, 0.717) is 11.5 Å². The maximum Gasteiger partial charge on any atom is 0.416 e. The molecule has 0 bridgehead atoms. The van der Waals surface area contributed by atoms with E-state index in [0.717, 1.165) is 17.6 Å². The zero-order valence-corrected chi connectivity index (χ0v) is 14.1. The van der Waals surface area contributed by atoms with Crippen molar-refractivity contribution < 1.29 is 18.0 Å². The molecule has 3 aromatic rings. The summed E-state index contributed by atoms with van der Waals surface area (Å²) in [6.07, 6.45) is -4.49. The molecule has 0 spiro atoms. The number of carbonyl (C=O) groups is 1. The van der Waals surface area contributed by atoms with E-state index in [9.17, 15) is 18.0 Å². The van der Waals surface area contributed by atoms with Gasteiger partial charge in [-0.05, 0) is 29.8 Å². The minimum atomic E-state index is -4.49. The molecule has 1 aromatic heterocycles. The molecule has 0 fully saturated rings. The minimum absolute atomic E-state index is 0.207. The number of nitrogens with one attached hydrogen (secondary N) is 2. The maximum absolute atomic E-state index is 13.0. The molecule has 2 aromatic carbocycles. The fourth-order valence-corrected chi connectivity index (χ4v) is 2.60. The minimum Gasteiger partial charge on any atom is -0.347 e. The average Bonchev–Trinajstić information content (AvgIpc) is 3.01. The van der Waals surface area contributed by atoms with Crippen molar-refractivity contribution in [1.29, 1.82) is 0 Å². The standard InChI is InChI=1S/C18H17F3N4O/c1-25(2)16(26)15(11-6-5-7-12(10-11)18(19,20)21)24-17-22-13-8-3-4-9-14(13)23-17/h3-10,15H,1-2H3,(H2,22,23,24). The number of hydrogen-bond donors (Lipinski definition) is 2. The van der Waals surface area contributed by atoms with Gasteiger partial charge in [-0.15, -0.1) is 0 Å². The first kappa shape index (κ1) is 17.8. The Morgan fingerprint density at radius 2 is 1.88 bits per heavy atom. The van der Waals surface area contributed by atoms with Crippen molar-refractivity contribution in [3.8, 4) is 0 Å². The predicted octanol–water partition coefficient (Wildman–Crippen LogP) is 3.82. The molecule has 2 N–H and O–H groups in total. The number of halogens is 3. The van der Waals surface area contributed by atoms with E-state index in [1.54, 1.807) is 20.2 Å². The Morgan fingerprint density at radius 1 is 1.15 bits per heavy atom. The van der Waals surface area contributed by atoms with Gasteiger partial charge in [-0.3, -0.25) is 4.79 Å². The van der Waals surface area contributed by atoms with Gasteiger partial charge in [-0.1, -0.05) is 24.3 Å². The van der Waals surface area contributed by atoms with Gasteiger partial charge in [0, 0.05) is 14.1 Å². The molecule has 0 aliphatic rings. The van der Waals surface area contributed by atoms with Gasteiger partial charge in [-0.2, -0.15) is 13.2 Å². The fourth-order valence-electron chi connectivity index (χ4n) is 2.60. The normalized spacial score (nSPS) is 12.8. The van der Waals surface area contributed by atoms with Crippen molar-refractivity contribution in [2.45, 2.75) is 12.2 Å². The molecule has 0 aliphatic heterocycles. The first-order valence-corrected chi connectivity index (χ1v) is 7.85. The Morgan fingerprint density at radius 3 is 2.54 bits per heavy atom. The van der Waals surface area contributed by atoms with Crippen LogP contribution in [0.15, 0.2) is 48.5 Å². The van der Waals surface area contributed by atoms with Crippen LogP contribution >= 0.6 is 0 Å². The van der Waals surface area contributed by atoms with E-state index in [2.05, 4.69) is 15.3 Å². The number of hydrogen-bond acceptors (Lipinski definition) is 3. The second-order valence-electron chi connectivity index (χ2n) is 6.04. The highest BCUT2D eigenvalue weighted by atomic mass is 19.4. The van der Waals surface area contributed by atoms with Crippen LogP contribution in [0.5, 0.6) is 0 Å². The molecule has 1 heterocycles. The Bertz CT molecular complexity index is 900. The van der Waals surface area contributed by atoms with Crippen molar-refractivity contribution in [1.82, 2.24) is 14.9 Å². The lowest BCUT2D eigenvalue weighted by Crippen LogP contribution is -2.33. The molecule has 0 aliphatic carbocycles. The highest BCUT2D eigenvalue weighted by Gasteiger charge is 2.32. The van der Waals surface area contributed by atoms with Crippen LogP contribution in [0.1, 0.15) is 17.2 Å². The second-order valence-corrected chi connectivity index (χ2v) is 6.04. The van der Waals surface area contributed by atoms with Crippen LogP contribution in [0.2, 0.25) is 0 Å². The van der Waals surface area contributed by atoms with E-state index in [1.807, 2.05) is 18.2 Å². The fraction of sp³-hybridized carbons (Fsp3) is 0.222. The number of alkyl halides is 3. The van der Waals surface area contributed by atoms with Crippen molar-refractivity contribution in [3.63, 3.8) is 0 Å². The van der Waals surface area contributed by atoms with Crippen LogP contribution in [-0.4, -0.2) is 34.9 Å². The Hall–Kier alpha value is -3.03. The first-order chi connectivity index (χ1) is 12.3. The molecular formula is C18H17F3N4O. The Balaban J connectivity index is 1.99. The van der Waals surface area contributed by atoms with Gasteiger partial charge in [-0.25, -0.2) is 4.98 Å². The van der Waals surface area contributed by atoms with Crippen LogP contribution in [0, 0.1) is 0 Å². The topological polar surface area (TPSA) is 61.0 Å². The molecule has 3 rings (SSSR count). The number of likely N-dealkylation sites (N-methyl/N-ethyl adjacent to an activating group) is 1. The molecule has 1 unspecified atom stereocenters. The number of benzene rings is 2. The van der Waals surface area contributed by atoms with E-state index in [-0.39, 0.29) is 11.5 Å². The highest BCUT2D eigenvalue weighted by molar-refractivity contribution is 5.86. The summed E-state index contributed by atoms with van der Waals surface area (Å²) >= 11 is 0. The summed E-state index contributed by atoms with van der Waals surface area (Å²) in [5.41, 5.74) is 0.849. The van der Waals surface area contributed by atoms with Crippen molar-refractivity contribution in [2.24, 2.45) is 0 Å². The lowest BCUT2D eigenvalue weighted by Gasteiger charge is -2.22. The van der Waals surface area contributed by atoms with Crippen molar-refractivity contribution in [3.05, 3.63) is 59.7 Å². The highest BCUT2D eigenvalue weighted by Crippen LogP contribution is 2.31. The molecule has 8 heteroatoms. The molecule has 0 radical (unpaired) electrons. The van der Waals surface area contributed by atoms with Crippen LogP contribution in [0.3, 0.4) is 0 Å². The predicted molar refractivity (Wildman–Crippen MR) is 92.6 cm³/mol. The molecule has 136 valence electrons. The van der Waals surface area contributed by atoms with Gasteiger partial charge in [0.15, 0.2) is 0 Å². The van der Waals surface area contributed by atoms with Gasteiger partial charge in [0.05, 0.1) is 16.6 Å². The van der Waals surface area contributed by atoms with E-state index >= 15 is 0 Å². The SMILES string of the molecule is CN(C)C(=O)C(Nc1nc2ccccc2[nH]1)c1cccc(C(F)(F)F)c1. The third-order valence-electron chi connectivity index (χ3n) is 3.91. The summed E-state index contributed by atoms with van der Waals surface area (Å²) in [5, 5.41) is 2.92. The van der Waals surface area contributed by atoms with Crippen molar-refractivity contribution in [2.75, 3.05) is 19.4 Å². The number of H-pyrrole nitrogens is 1. The monoisotopic (exact) mass is 362 g/mol. The number of para-hydroxylation sites is 2. The number of rotatable bonds is 4. The molecular weight excluding hydrogens is 345 g/mol. The number of nitrogens with zero attached hydrogens (tertiary/aromatic N) is 2.